The Hall–Kier alpha value is -3.32. The fraction of sp³-hybridized carbons (Fsp3) is 0.500. The number of ether oxygens (including phenoxy) is 2. The molecule has 188 valence electrons. The summed E-state index contributed by atoms with van der Waals surface area (Å²) >= 11 is 1.08. The monoisotopic (exact) mass is 507 g/mol. The van der Waals surface area contributed by atoms with Gasteiger partial charge in [-0.1, -0.05) is 0 Å². The Morgan fingerprint density at radius 3 is 2.71 bits per heavy atom. The first-order chi connectivity index (χ1) is 16.4. The number of nitrogens with zero attached hydrogens (tertiary/aromatic N) is 3. The lowest BCUT2D eigenvalue weighted by Crippen LogP contribution is -2.53. The molecule has 0 unspecified atom stereocenters. The minimum absolute atomic E-state index is 0.0559. The Balaban J connectivity index is 1.68. The predicted octanol–water partition coefficient (Wildman–Crippen LogP) is 3.38. The van der Waals surface area contributed by atoms with Crippen LogP contribution in [0, 0.1) is 12.7 Å². The second kappa shape index (κ2) is 9.38. The van der Waals surface area contributed by atoms with E-state index in [0.717, 1.165) is 11.5 Å². The summed E-state index contributed by atoms with van der Waals surface area (Å²) in [4.78, 5) is 42.1. The van der Waals surface area contributed by atoms with Crippen LogP contribution >= 0.6 is 11.5 Å². The molecule has 1 saturated heterocycles. The van der Waals surface area contributed by atoms with E-state index in [4.69, 9.17) is 9.47 Å². The zero-order valence-electron chi connectivity index (χ0n) is 19.7. The van der Waals surface area contributed by atoms with Crippen molar-refractivity contribution in [2.75, 3.05) is 18.5 Å². The number of hydrogen-bond donors (Lipinski definition) is 3. The standard InChI is InChI=1S/C22H26FN5O6S/c1-10-7-14(35-27-10)17-15-11(8-28(19(15)29)21(31)32)16(23)18(26-17)24-12-5-6-33-9-13(12)25-20(30)34-22(2,3)4/h7,12-13H,5-6,8-9H2,1-4H3,(H,24,26)(H,25,30)(H,31,32)/t12-,13+/m1/s1. The number of carbonyl (C=O) groups is 3. The highest BCUT2D eigenvalue weighted by atomic mass is 32.1. The number of carbonyl (C=O) groups excluding carboxylic acids is 2. The quantitative estimate of drug-likeness (QED) is 0.567. The zero-order valence-corrected chi connectivity index (χ0v) is 20.5. The SMILES string of the molecule is Cc1cc(-c2nc(N[C@@H]3CCOC[C@@H]3NC(=O)OC(C)(C)C)c(F)c3c2C(=O)N(C(=O)O)C3)sn1. The highest BCUT2D eigenvalue weighted by molar-refractivity contribution is 7.09. The van der Waals surface area contributed by atoms with Crippen molar-refractivity contribution in [2.45, 2.75) is 58.3 Å². The van der Waals surface area contributed by atoms with E-state index in [1.54, 1.807) is 33.8 Å². The molecule has 2 aliphatic rings. The fourth-order valence-corrected chi connectivity index (χ4v) is 4.70. The van der Waals surface area contributed by atoms with E-state index < -0.39 is 48.1 Å². The number of amides is 3. The molecule has 35 heavy (non-hydrogen) atoms. The molecule has 2 aliphatic heterocycles. The lowest BCUT2D eigenvalue weighted by molar-refractivity contribution is 0.0317. The maximum atomic E-state index is 15.6. The number of halogens is 1. The van der Waals surface area contributed by atoms with Crippen molar-refractivity contribution in [1.82, 2.24) is 19.6 Å². The Kier molecular flexibility index (Phi) is 6.64. The van der Waals surface area contributed by atoms with Crippen molar-refractivity contribution in [3.63, 3.8) is 0 Å². The average molecular weight is 508 g/mol. The van der Waals surface area contributed by atoms with Crippen LogP contribution in [0.2, 0.25) is 0 Å². The summed E-state index contributed by atoms with van der Waals surface area (Å²) < 4.78 is 30.6. The Bertz CT molecular complexity index is 1180. The molecule has 0 saturated carbocycles. The number of imide groups is 1. The van der Waals surface area contributed by atoms with Crippen molar-refractivity contribution in [3.8, 4) is 10.6 Å². The number of pyridine rings is 1. The molecule has 2 atom stereocenters. The molecular weight excluding hydrogens is 481 g/mol. The van der Waals surface area contributed by atoms with E-state index in [0.29, 0.717) is 28.5 Å². The van der Waals surface area contributed by atoms with Crippen LogP contribution in [0.25, 0.3) is 10.6 Å². The third kappa shape index (κ3) is 5.20. The Labute approximate surface area is 204 Å². The highest BCUT2D eigenvalue weighted by Gasteiger charge is 2.40. The first-order valence-corrected chi connectivity index (χ1v) is 11.8. The molecule has 3 amide bonds. The summed E-state index contributed by atoms with van der Waals surface area (Å²) in [6.45, 7) is 7.13. The van der Waals surface area contributed by atoms with E-state index in [1.807, 2.05) is 0 Å². The maximum absolute atomic E-state index is 15.6. The minimum Gasteiger partial charge on any atom is -0.465 e. The van der Waals surface area contributed by atoms with E-state index in [-0.39, 0.29) is 29.2 Å². The number of anilines is 1. The molecule has 11 nitrogen and oxygen atoms in total. The van der Waals surface area contributed by atoms with Gasteiger partial charge < -0.3 is 25.2 Å². The summed E-state index contributed by atoms with van der Waals surface area (Å²) in [7, 11) is 0. The van der Waals surface area contributed by atoms with Gasteiger partial charge in [0, 0.05) is 12.2 Å². The number of aryl methyl sites for hydroxylation is 1. The van der Waals surface area contributed by atoms with Crippen LogP contribution in [0.1, 0.15) is 48.8 Å². The first kappa shape index (κ1) is 24.8. The summed E-state index contributed by atoms with van der Waals surface area (Å²) in [6, 6.07) is 0.701. The van der Waals surface area contributed by atoms with Crippen molar-refractivity contribution in [2.24, 2.45) is 0 Å². The molecule has 1 fully saturated rings. The van der Waals surface area contributed by atoms with Gasteiger partial charge in [0.05, 0.1) is 47.1 Å². The molecular formula is C22H26FN5O6S. The lowest BCUT2D eigenvalue weighted by Gasteiger charge is -2.33. The van der Waals surface area contributed by atoms with Crippen LogP contribution in [0.4, 0.5) is 19.8 Å². The summed E-state index contributed by atoms with van der Waals surface area (Å²) in [6.07, 6.45) is -1.67. The molecule has 3 N–H and O–H groups in total. The van der Waals surface area contributed by atoms with Crippen molar-refractivity contribution < 1.29 is 33.4 Å². The van der Waals surface area contributed by atoms with E-state index in [9.17, 15) is 19.5 Å². The van der Waals surface area contributed by atoms with Crippen LogP contribution in [0.5, 0.6) is 0 Å². The number of hydrogen-bond acceptors (Lipinski definition) is 9. The molecule has 0 aliphatic carbocycles. The molecule has 2 aromatic heterocycles. The molecule has 4 heterocycles. The zero-order chi connectivity index (χ0) is 25.5. The molecule has 0 aromatic carbocycles. The number of fused-ring (bicyclic) bond motifs is 1. The van der Waals surface area contributed by atoms with Gasteiger partial charge >= 0.3 is 12.2 Å². The van der Waals surface area contributed by atoms with Gasteiger partial charge in [0.1, 0.15) is 5.60 Å². The number of nitrogens with one attached hydrogen (secondary N) is 2. The largest absolute Gasteiger partial charge is 0.465 e. The van der Waals surface area contributed by atoms with Crippen LogP contribution < -0.4 is 10.6 Å². The number of rotatable bonds is 4. The number of carboxylic acid groups (broad SMARTS) is 1. The second-order valence-corrected chi connectivity index (χ2v) is 10.2. The normalized spacial score (nSPS) is 19.9. The predicted molar refractivity (Wildman–Crippen MR) is 124 cm³/mol. The van der Waals surface area contributed by atoms with E-state index in [2.05, 4.69) is 20.0 Å². The van der Waals surface area contributed by atoms with Gasteiger partial charge in [-0.15, -0.1) is 0 Å². The van der Waals surface area contributed by atoms with E-state index >= 15 is 4.39 Å². The number of alkyl carbamates (subject to hydrolysis) is 1. The Morgan fingerprint density at radius 1 is 1.34 bits per heavy atom. The third-order valence-electron chi connectivity index (χ3n) is 5.48. The van der Waals surface area contributed by atoms with Gasteiger partial charge in [0.15, 0.2) is 11.6 Å². The molecule has 4 rings (SSSR count). The first-order valence-electron chi connectivity index (χ1n) is 11.0. The molecule has 13 heteroatoms. The molecule has 0 bridgehead atoms. The van der Waals surface area contributed by atoms with Gasteiger partial charge in [0.25, 0.3) is 5.91 Å². The maximum Gasteiger partial charge on any atom is 0.414 e. The Morgan fingerprint density at radius 2 is 2.09 bits per heavy atom. The van der Waals surface area contributed by atoms with Gasteiger partial charge in [-0.3, -0.25) is 4.79 Å². The van der Waals surface area contributed by atoms with E-state index in [1.165, 1.54) is 0 Å². The average Bonchev–Trinajstić information content (AvgIpc) is 3.34. The summed E-state index contributed by atoms with van der Waals surface area (Å²) in [5.41, 5.74) is 0.00708. The minimum atomic E-state index is -1.47. The van der Waals surface area contributed by atoms with Crippen LogP contribution in [-0.4, -0.2) is 68.4 Å². The summed E-state index contributed by atoms with van der Waals surface area (Å²) in [5, 5.41) is 15.2. The summed E-state index contributed by atoms with van der Waals surface area (Å²) in [5.74, 6) is -1.79. The fourth-order valence-electron chi connectivity index (χ4n) is 3.95. The van der Waals surface area contributed by atoms with Gasteiger partial charge in [-0.2, -0.15) is 4.37 Å². The highest BCUT2D eigenvalue weighted by Crippen LogP contribution is 2.38. The van der Waals surface area contributed by atoms with Crippen LogP contribution in [0.3, 0.4) is 0 Å². The van der Waals surface area contributed by atoms with Gasteiger partial charge in [-0.05, 0) is 51.7 Å². The second-order valence-electron chi connectivity index (χ2n) is 9.35. The molecule has 0 radical (unpaired) electrons. The van der Waals surface area contributed by atoms with Crippen molar-refractivity contribution >= 4 is 35.4 Å². The van der Waals surface area contributed by atoms with Crippen molar-refractivity contribution in [3.05, 3.63) is 28.7 Å². The third-order valence-corrected chi connectivity index (χ3v) is 6.37. The van der Waals surface area contributed by atoms with Gasteiger partial charge in [0.2, 0.25) is 0 Å². The van der Waals surface area contributed by atoms with Crippen LogP contribution in [-0.2, 0) is 16.0 Å². The van der Waals surface area contributed by atoms with Crippen LogP contribution in [0.15, 0.2) is 6.07 Å². The topological polar surface area (TPSA) is 143 Å². The van der Waals surface area contributed by atoms with Crippen molar-refractivity contribution in [1.29, 1.82) is 0 Å². The lowest BCUT2D eigenvalue weighted by atomic mass is 10.0. The molecule has 0 spiro atoms. The smallest absolute Gasteiger partial charge is 0.414 e. The van der Waals surface area contributed by atoms with Gasteiger partial charge in [-0.25, -0.2) is 23.9 Å². The number of aromatic nitrogens is 2. The molecule has 2 aromatic rings.